The van der Waals surface area contributed by atoms with E-state index in [0.29, 0.717) is 0 Å². The fourth-order valence-corrected chi connectivity index (χ4v) is 9.41. The molecule has 2 heterocycles. The van der Waals surface area contributed by atoms with Gasteiger partial charge in [0.2, 0.25) is 0 Å². The monoisotopic (exact) mass is 678 g/mol. The van der Waals surface area contributed by atoms with Crippen molar-refractivity contribution in [1.29, 1.82) is 0 Å². The van der Waals surface area contributed by atoms with Crippen LogP contribution in [0, 0.1) is 0 Å². The van der Waals surface area contributed by atoms with Crippen LogP contribution >= 0.6 is 11.3 Å². The van der Waals surface area contributed by atoms with Gasteiger partial charge in [0.05, 0.1) is 0 Å². The molecule has 0 saturated heterocycles. The maximum Gasteiger partial charge on any atom is 0.143 e. The Morgan fingerprint density at radius 3 is 1.52 bits per heavy atom. The largest absolute Gasteiger partial charge is 0.455 e. The molecular weight excluding hydrogens is 649 g/mol. The molecule has 52 heavy (non-hydrogen) atoms. The van der Waals surface area contributed by atoms with Crippen molar-refractivity contribution in [2.24, 2.45) is 0 Å². The van der Waals surface area contributed by atoms with Crippen molar-refractivity contribution < 1.29 is 4.42 Å². The molecule has 11 aromatic rings. The highest BCUT2D eigenvalue weighted by atomic mass is 32.1. The summed E-state index contributed by atoms with van der Waals surface area (Å²) >= 11 is 1.86. The van der Waals surface area contributed by atoms with E-state index in [1.807, 2.05) is 17.4 Å². The first kappa shape index (κ1) is 29.3. The molecular formula is C50H30OS. The summed E-state index contributed by atoms with van der Waals surface area (Å²) in [5, 5.41) is 9.92. The lowest BCUT2D eigenvalue weighted by atomic mass is 9.85. The Kier molecular flexibility index (Phi) is 6.49. The minimum absolute atomic E-state index is 0.915. The molecule has 0 spiro atoms. The third-order valence-corrected chi connectivity index (χ3v) is 11.8. The topological polar surface area (TPSA) is 13.1 Å². The first-order chi connectivity index (χ1) is 25.8. The summed E-state index contributed by atoms with van der Waals surface area (Å²) in [6.07, 6.45) is 0. The van der Waals surface area contributed by atoms with Crippen molar-refractivity contribution in [2.45, 2.75) is 0 Å². The highest BCUT2D eigenvalue weighted by Crippen LogP contribution is 2.46. The van der Waals surface area contributed by atoms with Crippen LogP contribution in [0.5, 0.6) is 0 Å². The number of hydrogen-bond acceptors (Lipinski definition) is 2. The van der Waals surface area contributed by atoms with Gasteiger partial charge in [-0.15, -0.1) is 11.3 Å². The number of rotatable bonds is 4. The van der Waals surface area contributed by atoms with Crippen molar-refractivity contribution in [1.82, 2.24) is 0 Å². The second-order valence-corrected chi connectivity index (χ2v) is 14.7. The van der Waals surface area contributed by atoms with Crippen LogP contribution in [0.3, 0.4) is 0 Å². The molecule has 11 rings (SSSR count). The van der Waals surface area contributed by atoms with Crippen LogP contribution in [0.25, 0.3) is 108 Å². The Labute approximate surface area is 304 Å². The quantitative estimate of drug-likeness (QED) is 0.169. The van der Waals surface area contributed by atoms with Gasteiger partial charge in [0.15, 0.2) is 0 Å². The van der Waals surface area contributed by atoms with Crippen molar-refractivity contribution in [2.75, 3.05) is 0 Å². The fraction of sp³-hybridized carbons (Fsp3) is 0. The lowest BCUT2D eigenvalue weighted by Gasteiger charge is -2.18. The number of furan rings is 1. The van der Waals surface area contributed by atoms with E-state index in [4.69, 9.17) is 4.42 Å². The van der Waals surface area contributed by atoms with E-state index in [0.717, 1.165) is 33.1 Å². The van der Waals surface area contributed by atoms with Crippen LogP contribution in [0.4, 0.5) is 0 Å². The van der Waals surface area contributed by atoms with Crippen LogP contribution in [-0.2, 0) is 0 Å². The zero-order chi connectivity index (χ0) is 34.2. The lowest BCUT2D eigenvalue weighted by Crippen LogP contribution is -1.91. The Bertz CT molecular complexity index is 3140. The summed E-state index contributed by atoms with van der Waals surface area (Å²) in [6.45, 7) is 0. The van der Waals surface area contributed by atoms with E-state index in [-0.39, 0.29) is 0 Å². The van der Waals surface area contributed by atoms with Gasteiger partial charge in [-0.2, -0.15) is 0 Å². The summed E-state index contributed by atoms with van der Waals surface area (Å²) in [7, 11) is 0. The number of benzene rings is 9. The van der Waals surface area contributed by atoms with Gasteiger partial charge in [0, 0.05) is 36.5 Å². The number of thiophene rings is 1. The summed E-state index contributed by atoms with van der Waals surface area (Å²) in [6, 6.07) is 66.3. The second kappa shape index (κ2) is 11.5. The third kappa shape index (κ3) is 4.48. The minimum Gasteiger partial charge on any atom is -0.455 e. The normalized spacial score (nSPS) is 11.8. The van der Waals surface area contributed by atoms with Crippen LogP contribution < -0.4 is 0 Å². The molecule has 0 N–H and O–H groups in total. The van der Waals surface area contributed by atoms with E-state index >= 15 is 0 Å². The van der Waals surface area contributed by atoms with Gasteiger partial charge in [0.1, 0.15) is 11.2 Å². The lowest BCUT2D eigenvalue weighted by molar-refractivity contribution is 0.670. The van der Waals surface area contributed by atoms with E-state index in [1.165, 1.54) is 75.1 Å². The maximum absolute atomic E-state index is 6.47. The predicted molar refractivity (Wildman–Crippen MR) is 223 cm³/mol. The van der Waals surface area contributed by atoms with Crippen molar-refractivity contribution in [3.63, 3.8) is 0 Å². The van der Waals surface area contributed by atoms with E-state index in [2.05, 4.69) is 176 Å². The predicted octanol–water partition coefficient (Wildman–Crippen LogP) is 14.9. The van der Waals surface area contributed by atoms with Crippen molar-refractivity contribution >= 4 is 75.0 Å². The zero-order valence-electron chi connectivity index (χ0n) is 28.1. The van der Waals surface area contributed by atoms with Gasteiger partial charge in [-0.1, -0.05) is 146 Å². The molecule has 9 aromatic carbocycles. The third-order valence-electron chi connectivity index (χ3n) is 10.7. The van der Waals surface area contributed by atoms with Crippen LogP contribution in [0.15, 0.2) is 186 Å². The standard InChI is InChI=1S/C50H30OS/c1-3-20-41-39(18-1)48(34-14-9-12-31(28-34)32-26-27-47-44(30-32)38-17-6-8-25-46(38)52-47)40-19-2-4-21-42(40)49(41)35-15-10-13-33(29-35)36-22-11-23-43-37-16-5-7-24-45(37)51-50(36)43/h1-30H. The summed E-state index contributed by atoms with van der Waals surface area (Å²) < 4.78 is 9.12. The molecule has 1 nitrogen and oxygen atoms in total. The molecule has 0 amide bonds. The van der Waals surface area contributed by atoms with Crippen LogP contribution in [0.1, 0.15) is 0 Å². The second-order valence-electron chi connectivity index (χ2n) is 13.6. The van der Waals surface area contributed by atoms with Crippen molar-refractivity contribution in [3.8, 4) is 44.5 Å². The average Bonchev–Trinajstić information content (AvgIpc) is 3.78. The van der Waals surface area contributed by atoms with Gasteiger partial charge in [-0.05, 0) is 96.9 Å². The first-order valence-electron chi connectivity index (χ1n) is 17.8. The van der Waals surface area contributed by atoms with E-state index < -0.39 is 0 Å². The number of para-hydroxylation sites is 2. The van der Waals surface area contributed by atoms with Crippen LogP contribution in [0.2, 0.25) is 0 Å². The molecule has 0 aliphatic heterocycles. The molecule has 2 heteroatoms. The highest BCUT2D eigenvalue weighted by Gasteiger charge is 2.19. The average molecular weight is 679 g/mol. The molecule has 0 bridgehead atoms. The SMILES string of the molecule is c1cc(-c2ccc3sc4ccccc4c3c2)cc(-c2c3ccccc3c(-c3cccc(-c4cccc5c4oc4ccccc45)c3)c3ccccc23)c1. The Morgan fingerprint density at radius 1 is 0.308 bits per heavy atom. The Morgan fingerprint density at radius 2 is 0.808 bits per heavy atom. The summed E-state index contributed by atoms with van der Waals surface area (Å²) in [5.74, 6) is 0. The van der Waals surface area contributed by atoms with Crippen LogP contribution in [-0.4, -0.2) is 0 Å². The van der Waals surface area contributed by atoms with Gasteiger partial charge in [-0.3, -0.25) is 0 Å². The molecule has 0 aliphatic rings. The molecule has 0 aliphatic carbocycles. The molecule has 0 unspecified atom stereocenters. The van der Waals surface area contributed by atoms with E-state index in [9.17, 15) is 0 Å². The number of fused-ring (bicyclic) bond motifs is 8. The molecule has 0 radical (unpaired) electrons. The highest BCUT2D eigenvalue weighted by molar-refractivity contribution is 7.25. The zero-order valence-corrected chi connectivity index (χ0v) is 29.0. The van der Waals surface area contributed by atoms with Gasteiger partial charge in [0.25, 0.3) is 0 Å². The Balaban J connectivity index is 1.10. The summed E-state index contributed by atoms with van der Waals surface area (Å²) in [4.78, 5) is 0. The van der Waals surface area contributed by atoms with Gasteiger partial charge >= 0.3 is 0 Å². The fourth-order valence-electron chi connectivity index (χ4n) is 8.33. The van der Waals surface area contributed by atoms with E-state index in [1.54, 1.807) is 0 Å². The molecule has 0 atom stereocenters. The number of hydrogen-bond donors (Lipinski definition) is 0. The minimum atomic E-state index is 0.915. The smallest absolute Gasteiger partial charge is 0.143 e. The molecule has 2 aromatic heterocycles. The molecule has 242 valence electrons. The maximum atomic E-state index is 6.47. The van der Waals surface area contributed by atoms with Crippen molar-refractivity contribution in [3.05, 3.63) is 182 Å². The van der Waals surface area contributed by atoms with Gasteiger partial charge in [-0.25, -0.2) is 0 Å². The summed E-state index contributed by atoms with van der Waals surface area (Å²) in [5.41, 5.74) is 11.5. The Hall–Kier alpha value is -6.48. The van der Waals surface area contributed by atoms with Gasteiger partial charge < -0.3 is 4.42 Å². The molecule has 0 fully saturated rings. The molecule has 0 saturated carbocycles. The first-order valence-corrected chi connectivity index (χ1v) is 18.6.